The summed E-state index contributed by atoms with van der Waals surface area (Å²) in [6.07, 6.45) is 9.13. The minimum Gasteiger partial charge on any atom is -0.507 e. The third kappa shape index (κ3) is 7.98. The van der Waals surface area contributed by atoms with Crippen LogP contribution in [0, 0.1) is 5.92 Å². The molecule has 2 N–H and O–H groups in total. The van der Waals surface area contributed by atoms with Crippen LogP contribution in [0.2, 0.25) is 0 Å². The topological polar surface area (TPSA) is 119 Å². The highest BCUT2D eigenvalue weighted by Crippen LogP contribution is 2.27. The second-order valence-electron chi connectivity index (χ2n) is 8.46. The third-order valence-corrected chi connectivity index (χ3v) is 6.16. The molecule has 0 bridgehead atoms. The van der Waals surface area contributed by atoms with Gasteiger partial charge >= 0.3 is 11.7 Å². The number of aromatic nitrogens is 1. The second-order valence-corrected chi connectivity index (χ2v) is 9.61. The van der Waals surface area contributed by atoms with Gasteiger partial charge in [0.05, 0.1) is 12.1 Å². The molecule has 0 spiro atoms. The summed E-state index contributed by atoms with van der Waals surface area (Å²) < 4.78 is 9.82. The van der Waals surface area contributed by atoms with Crippen molar-refractivity contribution >= 4 is 29.3 Å². The van der Waals surface area contributed by atoms with Crippen LogP contribution < -0.4 is 10.9 Å². The smallest absolute Gasteiger partial charge is 0.410 e. The van der Waals surface area contributed by atoms with Gasteiger partial charge in [-0.15, -0.1) is 11.3 Å². The summed E-state index contributed by atoms with van der Waals surface area (Å²) in [5, 5.41) is 13.9. The number of ether oxygens (including phenoxy) is 1. The van der Waals surface area contributed by atoms with Gasteiger partial charge in [-0.1, -0.05) is 26.8 Å². The lowest BCUT2D eigenvalue weighted by molar-refractivity contribution is 0.102. The number of aryl methyl sites for hydroxylation is 1. The molecule has 1 unspecified atom stereocenters. The number of rotatable bonds is 11. The first-order valence-corrected chi connectivity index (χ1v) is 12.0. The van der Waals surface area contributed by atoms with E-state index in [9.17, 15) is 19.5 Å². The van der Waals surface area contributed by atoms with Crippen molar-refractivity contribution in [3.05, 3.63) is 61.7 Å². The fraction of sp³-hybridized carbons (Fsp3) is 0.440. The summed E-state index contributed by atoms with van der Waals surface area (Å²) in [6.45, 7) is 7.75. The second kappa shape index (κ2) is 12.9. The van der Waals surface area contributed by atoms with Crippen LogP contribution in [0.3, 0.4) is 0 Å². The van der Waals surface area contributed by atoms with Gasteiger partial charge in [-0.05, 0) is 50.2 Å². The standard InChI is InChI=1S/C25H32N2O6S/c1-15(2)9-10-21-27-14-18(34-21)12-17(4)23(29)22-19(28)13-20(33-24(22)30)16(3)8-6-7-11-26-25(31)32-5/h7,11-16,28H,6,8-10H2,1-5H3,(H,26,31)/b11-7+,17-12?. The van der Waals surface area contributed by atoms with E-state index in [1.807, 2.05) is 6.92 Å². The molecule has 9 heteroatoms. The predicted molar refractivity (Wildman–Crippen MR) is 132 cm³/mol. The molecule has 0 aliphatic heterocycles. The molecule has 0 radical (unpaired) electrons. The number of hydrogen-bond donors (Lipinski definition) is 2. The number of thiazole rings is 1. The van der Waals surface area contributed by atoms with Crippen molar-refractivity contribution in [3.63, 3.8) is 0 Å². The molecule has 1 amide bonds. The number of methoxy groups -OCH3 is 1. The van der Waals surface area contributed by atoms with Crippen LogP contribution in [0.4, 0.5) is 4.79 Å². The van der Waals surface area contributed by atoms with E-state index >= 15 is 0 Å². The van der Waals surface area contributed by atoms with E-state index in [2.05, 4.69) is 28.9 Å². The Morgan fingerprint density at radius 2 is 2.03 bits per heavy atom. The van der Waals surface area contributed by atoms with Crippen molar-refractivity contribution in [2.45, 2.75) is 59.3 Å². The van der Waals surface area contributed by atoms with Gasteiger partial charge in [0.2, 0.25) is 0 Å². The monoisotopic (exact) mass is 488 g/mol. The number of ketones is 1. The van der Waals surface area contributed by atoms with Gasteiger partial charge in [-0.25, -0.2) is 14.6 Å². The van der Waals surface area contributed by atoms with Gasteiger partial charge in [-0.2, -0.15) is 0 Å². The number of aromatic hydroxyl groups is 1. The van der Waals surface area contributed by atoms with E-state index in [4.69, 9.17) is 4.42 Å². The Kier molecular flexibility index (Phi) is 10.2. The van der Waals surface area contributed by atoms with Gasteiger partial charge < -0.3 is 14.3 Å². The van der Waals surface area contributed by atoms with Crippen LogP contribution in [0.5, 0.6) is 5.75 Å². The molecule has 8 nitrogen and oxygen atoms in total. The lowest BCUT2D eigenvalue weighted by Crippen LogP contribution is -2.16. The highest BCUT2D eigenvalue weighted by molar-refractivity contribution is 7.12. The summed E-state index contributed by atoms with van der Waals surface area (Å²) >= 11 is 1.50. The number of hydrogen-bond acceptors (Lipinski definition) is 8. The van der Waals surface area contributed by atoms with Gasteiger partial charge in [0, 0.05) is 29.3 Å². The summed E-state index contributed by atoms with van der Waals surface area (Å²) in [5.74, 6) is -0.310. The average Bonchev–Trinajstić information content (AvgIpc) is 3.23. The molecule has 0 aliphatic carbocycles. The van der Waals surface area contributed by atoms with Crippen LogP contribution in [-0.4, -0.2) is 29.1 Å². The van der Waals surface area contributed by atoms with E-state index in [-0.39, 0.29) is 17.2 Å². The minimum atomic E-state index is -0.871. The molecular weight excluding hydrogens is 456 g/mol. The first kappa shape index (κ1) is 27.0. The van der Waals surface area contributed by atoms with E-state index in [1.165, 1.54) is 30.7 Å². The molecule has 0 fully saturated rings. The van der Waals surface area contributed by atoms with Crippen LogP contribution in [0.15, 0.2) is 39.3 Å². The first-order valence-electron chi connectivity index (χ1n) is 11.2. The van der Waals surface area contributed by atoms with E-state index < -0.39 is 23.3 Å². The summed E-state index contributed by atoms with van der Waals surface area (Å²) in [4.78, 5) is 41.6. The Morgan fingerprint density at radius 1 is 1.29 bits per heavy atom. The Morgan fingerprint density at radius 3 is 2.68 bits per heavy atom. The molecule has 34 heavy (non-hydrogen) atoms. The first-order chi connectivity index (χ1) is 16.1. The van der Waals surface area contributed by atoms with Crippen molar-refractivity contribution in [2.75, 3.05) is 7.11 Å². The van der Waals surface area contributed by atoms with E-state index in [0.29, 0.717) is 24.3 Å². The Labute approximate surface area is 203 Å². The molecule has 2 rings (SSSR count). The Bertz CT molecular complexity index is 1110. The number of allylic oxidation sites excluding steroid dienone is 2. The number of Topliss-reactive ketones (excluding diaryl/α,β-unsaturated/α-hetero) is 1. The van der Waals surface area contributed by atoms with Crippen LogP contribution in [0.25, 0.3) is 6.08 Å². The number of carbonyl (C=O) groups excluding carboxylic acids is 2. The fourth-order valence-corrected chi connectivity index (χ4v) is 4.04. The maximum atomic E-state index is 12.9. The minimum absolute atomic E-state index is 0.191. The molecule has 2 heterocycles. The number of nitrogens with one attached hydrogen (secondary N) is 1. The molecule has 0 saturated carbocycles. The van der Waals surface area contributed by atoms with Crippen molar-refractivity contribution in [1.82, 2.24) is 10.3 Å². The van der Waals surface area contributed by atoms with Gasteiger partial charge in [0.15, 0.2) is 5.78 Å². The largest absolute Gasteiger partial charge is 0.507 e. The lowest BCUT2D eigenvalue weighted by Gasteiger charge is -2.11. The number of alkyl carbamates (subject to hydrolysis) is 1. The maximum absolute atomic E-state index is 12.9. The quantitative estimate of drug-likeness (QED) is 0.320. The number of amides is 1. The van der Waals surface area contributed by atoms with Crippen molar-refractivity contribution in [1.29, 1.82) is 0 Å². The molecule has 0 aliphatic rings. The van der Waals surface area contributed by atoms with Crippen molar-refractivity contribution in [3.8, 4) is 5.75 Å². The normalized spacial score (nSPS) is 12.8. The third-order valence-electron chi connectivity index (χ3n) is 5.16. The van der Waals surface area contributed by atoms with Gasteiger partial charge in [-0.3, -0.25) is 10.1 Å². The summed E-state index contributed by atoms with van der Waals surface area (Å²) in [5.41, 5.74) is -0.938. The zero-order chi connectivity index (χ0) is 25.3. The highest BCUT2D eigenvalue weighted by Gasteiger charge is 2.22. The lowest BCUT2D eigenvalue weighted by atomic mass is 10.00. The Balaban J connectivity index is 2.08. The molecule has 0 aromatic carbocycles. The molecule has 184 valence electrons. The van der Waals surface area contributed by atoms with E-state index in [0.717, 1.165) is 22.7 Å². The average molecular weight is 489 g/mol. The van der Waals surface area contributed by atoms with E-state index in [1.54, 1.807) is 25.3 Å². The van der Waals surface area contributed by atoms with Gasteiger partial charge in [0.1, 0.15) is 17.1 Å². The number of carbonyl (C=O) groups is 2. The zero-order valence-electron chi connectivity index (χ0n) is 20.2. The molecule has 2 aromatic rings. The molecule has 2 aromatic heterocycles. The Hall–Kier alpha value is -3.20. The molecular formula is C25H32N2O6S. The van der Waals surface area contributed by atoms with Crippen molar-refractivity contribution in [2.24, 2.45) is 5.92 Å². The van der Waals surface area contributed by atoms with Crippen LogP contribution >= 0.6 is 11.3 Å². The fourth-order valence-electron chi connectivity index (χ4n) is 3.10. The number of nitrogens with zero attached hydrogens (tertiary/aromatic N) is 1. The predicted octanol–water partition coefficient (Wildman–Crippen LogP) is 5.43. The maximum Gasteiger partial charge on any atom is 0.410 e. The van der Waals surface area contributed by atoms with Crippen LogP contribution in [-0.2, 0) is 11.2 Å². The van der Waals surface area contributed by atoms with Crippen molar-refractivity contribution < 1.29 is 23.8 Å². The van der Waals surface area contributed by atoms with Crippen LogP contribution in [0.1, 0.15) is 78.9 Å². The zero-order valence-corrected chi connectivity index (χ0v) is 21.0. The summed E-state index contributed by atoms with van der Waals surface area (Å²) in [6, 6.07) is 1.32. The molecule has 1 atom stereocenters. The molecule has 0 saturated heterocycles. The SMILES string of the molecule is COC(=O)N/C=C/CCC(C)c1cc(O)c(C(=O)C(C)=Cc2cnc(CCC(C)C)s2)c(=O)o1. The van der Waals surface area contributed by atoms with Gasteiger partial charge in [0.25, 0.3) is 0 Å². The highest BCUT2D eigenvalue weighted by atomic mass is 32.1. The summed E-state index contributed by atoms with van der Waals surface area (Å²) in [7, 11) is 1.27.